The van der Waals surface area contributed by atoms with Gasteiger partial charge in [-0.05, 0) is 24.5 Å². The van der Waals surface area contributed by atoms with Gasteiger partial charge in [-0.15, -0.1) is 0 Å². The van der Waals surface area contributed by atoms with Gasteiger partial charge in [-0.1, -0.05) is 24.3 Å². The predicted molar refractivity (Wildman–Crippen MR) is 82.9 cm³/mol. The van der Waals surface area contributed by atoms with Crippen LogP contribution in [0.2, 0.25) is 0 Å². The summed E-state index contributed by atoms with van der Waals surface area (Å²) in [6, 6.07) is 9.19. The fourth-order valence-corrected chi connectivity index (χ4v) is 2.89. The lowest BCUT2D eigenvalue weighted by molar-refractivity contribution is 0.249. The Hall–Kier alpha value is -1.72. The molecule has 0 radical (unpaired) electrons. The highest BCUT2D eigenvalue weighted by molar-refractivity contribution is 5.28. The number of rotatable bonds is 6. The summed E-state index contributed by atoms with van der Waals surface area (Å²) in [6.07, 6.45) is 4.52. The van der Waals surface area contributed by atoms with Gasteiger partial charge in [0.2, 0.25) is 0 Å². The van der Waals surface area contributed by atoms with Crippen molar-refractivity contribution < 1.29 is 0 Å². The van der Waals surface area contributed by atoms with E-state index in [1.807, 2.05) is 4.68 Å². The van der Waals surface area contributed by atoms with Gasteiger partial charge >= 0.3 is 0 Å². The van der Waals surface area contributed by atoms with Crippen molar-refractivity contribution >= 4 is 0 Å². The average molecular weight is 285 g/mol. The Kier molecular flexibility index (Phi) is 4.62. The zero-order valence-corrected chi connectivity index (χ0v) is 12.6. The van der Waals surface area contributed by atoms with Gasteiger partial charge in [0.15, 0.2) is 0 Å². The number of fused-ring (bicyclic) bond motifs is 1. The van der Waals surface area contributed by atoms with Crippen LogP contribution in [0.15, 0.2) is 36.9 Å². The van der Waals surface area contributed by atoms with Gasteiger partial charge in [0, 0.05) is 32.2 Å². The van der Waals surface area contributed by atoms with E-state index in [4.69, 9.17) is 0 Å². The van der Waals surface area contributed by atoms with Gasteiger partial charge in [0.25, 0.3) is 0 Å². The van der Waals surface area contributed by atoms with Crippen LogP contribution in [0, 0.1) is 0 Å². The minimum Gasteiger partial charge on any atom is -0.311 e. The maximum Gasteiger partial charge on any atom is 0.137 e. The first-order valence-electron chi connectivity index (χ1n) is 7.66. The summed E-state index contributed by atoms with van der Waals surface area (Å²) in [5, 5.41) is 7.70. The van der Waals surface area contributed by atoms with Gasteiger partial charge in [0.1, 0.15) is 12.7 Å². The van der Waals surface area contributed by atoms with Crippen molar-refractivity contribution in [3.05, 3.63) is 48.0 Å². The lowest BCUT2D eigenvalue weighted by atomic mass is 10.00. The molecule has 0 aliphatic carbocycles. The molecule has 0 spiro atoms. The molecule has 0 saturated carbocycles. The molecule has 0 fully saturated rings. The van der Waals surface area contributed by atoms with Crippen LogP contribution in [0.3, 0.4) is 0 Å². The maximum absolute atomic E-state index is 4.13. The molecule has 0 saturated heterocycles. The van der Waals surface area contributed by atoms with Gasteiger partial charge in [-0.3, -0.25) is 9.58 Å². The summed E-state index contributed by atoms with van der Waals surface area (Å²) in [5.41, 5.74) is 3.00. The standard InChI is InChI=1S/C16H23N5/c1-14(10-21-13-17-12-19-21)18-7-9-20-8-6-15-4-2-3-5-16(15)11-20/h2-5,12-14,18H,6-11H2,1H3/t14-/m1/s1. The quantitative estimate of drug-likeness (QED) is 0.869. The van der Waals surface area contributed by atoms with Gasteiger partial charge < -0.3 is 5.32 Å². The van der Waals surface area contributed by atoms with Crippen molar-refractivity contribution in [2.45, 2.75) is 32.5 Å². The van der Waals surface area contributed by atoms with E-state index in [2.05, 4.69) is 51.5 Å². The van der Waals surface area contributed by atoms with E-state index in [1.165, 1.54) is 17.5 Å². The number of nitrogens with one attached hydrogen (secondary N) is 1. The van der Waals surface area contributed by atoms with Gasteiger partial charge in [-0.2, -0.15) is 5.10 Å². The molecule has 2 aromatic rings. The molecule has 21 heavy (non-hydrogen) atoms. The molecular weight excluding hydrogens is 262 g/mol. The smallest absolute Gasteiger partial charge is 0.137 e. The SMILES string of the molecule is C[C@H](Cn1cncn1)NCCN1CCc2ccccc2C1. The molecule has 1 aliphatic heterocycles. The maximum atomic E-state index is 4.13. The number of hydrogen-bond donors (Lipinski definition) is 1. The van der Waals surface area contributed by atoms with Gasteiger partial charge in [0.05, 0.1) is 6.54 Å². The third-order valence-electron chi connectivity index (χ3n) is 4.06. The first-order chi connectivity index (χ1) is 10.3. The van der Waals surface area contributed by atoms with E-state index in [-0.39, 0.29) is 0 Å². The van der Waals surface area contributed by atoms with Crippen LogP contribution in [0.1, 0.15) is 18.1 Å². The molecule has 2 heterocycles. The molecule has 112 valence electrons. The largest absolute Gasteiger partial charge is 0.311 e. The van der Waals surface area contributed by atoms with E-state index >= 15 is 0 Å². The van der Waals surface area contributed by atoms with Crippen LogP contribution in [-0.2, 0) is 19.5 Å². The lowest BCUT2D eigenvalue weighted by Crippen LogP contribution is -2.39. The van der Waals surface area contributed by atoms with Crippen LogP contribution in [0.5, 0.6) is 0 Å². The predicted octanol–water partition coefficient (Wildman–Crippen LogP) is 1.31. The number of benzene rings is 1. The molecule has 1 atom stereocenters. The molecule has 5 heteroatoms. The molecule has 3 rings (SSSR count). The fraction of sp³-hybridized carbons (Fsp3) is 0.500. The summed E-state index contributed by atoms with van der Waals surface area (Å²) in [5.74, 6) is 0. The second-order valence-electron chi connectivity index (χ2n) is 5.77. The zero-order chi connectivity index (χ0) is 14.5. The van der Waals surface area contributed by atoms with Crippen molar-refractivity contribution in [1.82, 2.24) is 25.0 Å². The molecule has 0 amide bonds. The molecule has 1 N–H and O–H groups in total. The number of hydrogen-bond acceptors (Lipinski definition) is 4. The minimum absolute atomic E-state index is 0.406. The summed E-state index contributed by atoms with van der Waals surface area (Å²) >= 11 is 0. The van der Waals surface area contributed by atoms with Crippen molar-refractivity contribution in [2.24, 2.45) is 0 Å². The minimum atomic E-state index is 0.406. The average Bonchev–Trinajstić information content (AvgIpc) is 3.00. The van der Waals surface area contributed by atoms with E-state index in [9.17, 15) is 0 Å². The monoisotopic (exact) mass is 285 g/mol. The molecule has 0 unspecified atom stereocenters. The Morgan fingerprint density at radius 1 is 1.29 bits per heavy atom. The van der Waals surface area contributed by atoms with E-state index in [0.717, 1.165) is 32.7 Å². The molecular formula is C16H23N5. The Morgan fingerprint density at radius 2 is 2.14 bits per heavy atom. The molecule has 0 bridgehead atoms. The molecule has 5 nitrogen and oxygen atoms in total. The molecule has 1 aliphatic rings. The summed E-state index contributed by atoms with van der Waals surface area (Å²) in [4.78, 5) is 6.49. The topological polar surface area (TPSA) is 46.0 Å². The first kappa shape index (κ1) is 14.2. The lowest BCUT2D eigenvalue weighted by Gasteiger charge is -2.29. The van der Waals surface area contributed by atoms with Crippen LogP contribution in [0.25, 0.3) is 0 Å². The fourth-order valence-electron chi connectivity index (χ4n) is 2.89. The Bertz CT molecular complexity index is 552. The number of aromatic nitrogens is 3. The van der Waals surface area contributed by atoms with Crippen molar-refractivity contribution in [3.63, 3.8) is 0 Å². The normalized spacial score (nSPS) is 16.6. The van der Waals surface area contributed by atoms with Crippen LogP contribution in [0.4, 0.5) is 0 Å². The molecule has 1 aromatic carbocycles. The Balaban J connectivity index is 1.40. The Labute approximate surface area is 126 Å². The van der Waals surface area contributed by atoms with E-state index in [1.54, 1.807) is 12.7 Å². The zero-order valence-electron chi connectivity index (χ0n) is 12.6. The van der Waals surface area contributed by atoms with Crippen molar-refractivity contribution in [2.75, 3.05) is 19.6 Å². The third-order valence-corrected chi connectivity index (χ3v) is 4.06. The second-order valence-corrected chi connectivity index (χ2v) is 5.77. The van der Waals surface area contributed by atoms with Crippen LogP contribution in [-0.4, -0.2) is 45.3 Å². The summed E-state index contributed by atoms with van der Waals surface area (Å²) < 4.78 is 1.87. The highest BCUT2D eigenvalue weighted by atomic mass is 15.3. The van der Waals surface area contributed by atoms with Crippen molar-refractivity contribution in [1.29, 1.82) is 0 Å². The van der Waals surface area contributed by atoms with Crippen LogP contribution < -0.4 is 5.32 Å². The number of nitrogens with zero attached hydrogens (tertiary/aromatic N) is 4. The van der Waals surface area contributed by atoms with Crippen LogP contribution >= 0.6 is 0 Å². The highest BCUT2D eigenvalue weighted by Crippen LogP contribution is 2.17. The van der Waals surface area contributed by atoms with Crippen molar-refractivity contribution in [3.8, 4) is 0 Å². The first-order valence-corrected chi connectivity index (χ1v) is 7.66. The van der Waals surface area contributed by atoms with Gasteiger partial charge in [-0.25, -0.2) is 4.98 Å². The molecule has 1 aromatic heterocycles. The van der Waals surface area contributed by atoms with E-state index < -0.39 is 0 Å². The highest BCUT2D eigenvalue weighted by Gasteiger charge is 2.15. The summed E-state index contributed by atoms with van der Waals surface area (Å²) in [6.45, 7) is 7.40. The second kappa shape index (κ2) is 6.83. The third kappa shape index (κ3) is 3.89. The van der Waals surface area contributed by atoms with E-state index in [0.29, 0.717) is 6.04 Å². The summed E-state index contributed by atoms with van der Waals surface area (Å²) in [7, 11) is 0. The Morgan fingerprint density at radius 3 is 2.95 bits per heavy atom.